The van der Waals surface area contributed by atoms with Crippen LogP contribution in [0.25, 0.3) is 0 Å². The lowest BCUT2D eigenvalue weighted by molar-refractivity contribution is -0.129. The minimum Gasteiger partial charge on any atom is -0.336 e. The Morgan fingerprint density at radius 1 is 1.26 bits per heavy atom. The smallest absolute Gasteiger partial charge is 0.223 e. The highest BCUT2D eigenvalue weighted by Gasteiger charge is 2.34. The van der Waals surface area contributed by atoms with Crippen molar-refractivity contribution >= 4 is 5.91 Å². The van der Waals surface area contributed by atoms with Gasteiger partial charge in [0.1, 0.15) is 0 Å². The van der Waals surface area contributed by atoms with E-state index in [1.54, 1.807) is 0 Å². The van der Waals surface area contributed by atoms with Crippen molar-refractivity contribution in [1.82, 2.24) is 4.90 Å². The summed E-state index contributed by atoms with van der Waals surface area (Å²) in [5.41, 5.74) is 1.53. The van der Waals surface area contributed by atoms with Gasteiger partial charge in [-0.25, -0.2) is 0 Å². The van der Waals surface area contributed by atoms with Gasteiger partial charge < -0.3 is 4.90 Å². The molecule has 0 aromatic heterocycles. The number of carbonyl (C=O) groups excluding carboxylic acids is 1. The molecular weight excluding hydrogens is 234 g/mol. The fraction of sp³-hybridized carbons (Fsp3) is 0.588. The third-order valence-electron chi connectivity index (χ3n) is 3.89. The van der Waals surface area contributed by atoms with E-state index in [-0.39, 0.29) is 6.04 Å². The first-order chi connectivity index (χ1) is 8.87. The predicted octanol–water partition coefficient (Wildman–Crippen LogP) is 4.03. The molecule has 2 nitrogen and oxygen atoms in total. The van der Waals surface area contributed by atoms with Crippen LogP contribution < -0.4 is 0 Å². The standard InChI is InChI=1S/C17H25NO/c1-13(15-8-6-5-7-9-15)18-12-14(10-16(18)19)11-17(2,3)4/h5-9,13-14H,10-12H2,1-4H3/t13-,14+/m0/s1. The lowest BCUT2D eigenvalue weighted by atomic mass is 9.84. The Hall–Kier alpha value is -1.31. The number of hydrogen-bond donors (Lipinski definition) is 0. The largest absolute Gasteiger partial charge is 0.336 e. The lowest BCUT2D eigenvalue weighted by Crippen LogP contribution is -2.28. The van der Waals surface area contributed by atoms with Gasteiger partial charge in [0, 0.05) is 13.0 Å². The maximum atomic E-state index is 12.2. The highest BCUT2D eigenvalue weighted by atomic mass is 16.2. The van der Waals surface area contributed by atoms with Crippen molar-refractivity contribution in [1.29, 1.82) is 0 Å². The Labute approximate surface area is 116 Å². The second-order valence-corrected chi connectivity index (χ2v) is 6.97. The van der Waals surface area contributed by atoms with Gasteiger partial charge in [0.25, 0.3) is 0 Å². The summed E-state index contributed by atoms with van der Waals surface area (Å²) in [6.45, 7) is 9.79. The molecule has 0 N–H and O–H groups in total. The minimum absolute atomic E-state index is 0.193. The summed E-state index contributed by atoms with van der Waals surface area (Å²) in [6.07, 6.45) is 1.84. The monoisotopic (exact) mass is 259 g/mol. The van der Waals surface area contributed by atoms with Crippen molar-refractivity contribution in [2.24, 2.45) is 11.3 Å². The van der Waals surface area contributed by atoms with E-state index < -0.39 is 0 Å². The number of rotatable bonds is 3. The van der Waals surface area contributed by atoms with Gasteiger partial charge in [-0.15, -0.1) is 0 Å². The normalized spacial score (nSPS) is 21.8. The Bertz CT molecular complexity index is 432. The maximum absolute atomic E-state index is 12.2. The number of likely N-dealkylation sites (tertiary alicyclic amines) is 1. The van der Waals surface area contributed by atoms with Crippen LogP contribution in [0, 0.1) is 11.3 Å². The molecule has 1 aromatic carbocycles. The van der Waals surface area contributed by atoms with Crippen LogP contribution in [-0.4, -0.2) is 17.4 Å². The Morgan fingerprint density at radius 2 is 1.89 bits per heavy atom. The molecule has 0 saturated carbocycles. The van der Waals surface area contributed by atoms with Crippen LogP contribution in [0.3, 0.4) is 0 Å². The van der Waals surface area contributed by atoms with E-state index in [9.17, 15) is 4.79 Å². The van der Waals surface area contributed by atoms with Gasteiger partial charge >= 0.3 is 0 Å². The molecule has 1 heterocycles. The first-order valence-electron chi connectivity index (χ1n) is 7.21. The van der Waals surface area contributed by atoms with Gasteiger partial charge in [0.05, 0.1) is 6.04 Å². The van der Waals surface area contributed by atoms with Gasteiger partial charge in [-0.05, 0) is 30.2 Å². The quantitative estimate of drug-likeness (QED) is 0.802. The van der Waals surface area contributed by atoms with E-state index in [4.69, 9.17) is 0 Å². The molecule has 2 rings (SSSR count). The highest BCUT2D eigenvalue weighted by molar-refractivity contribution is 5.79. The zero-order chi connectivity index (χ0) is 14.0. The lowest BCUT2D eigenvalue weighted by Gasteiger charge is -2.27. The summed E-state index contributed by atoms with van der Waals surface area (Å²) in [7, 11) is 0. The Balaban J connectivity index is 2.04. The van der Waals surface area contributed by atoms with Crippen molar-refractivity contribution in [2.45, 2.75) is 46.6 Å². The van der Waals surface area contributed by atoms with Gasteiger partial charge in [0.2, 0.25) is 5.91 Å². The highest BCUT2D eigenvalue weighted by Crippen LogP contribution is 2.34. The van der Waals surface area contributed by atoms with Crippen LogP contribution in [0.15, 0.2) is 30.3 Å². The van der Waals surface area contributed by atoms with Gasteiger partial charge in [-0.1, -0.05) is 51.1 Å². The van der Waals surface area contributed by atoms with Crippen LogP contribution in [0.2, 0.25) is 0 Å². The van der Waals surface area contributed by atoms with E-state index in [2.05, 4.69) is 39.8 Å². The number of carbonyl (C=O) groups is 1. The predicted molar refractivity (Wildman–Crippen MR) is 78.7 cm³/mol. The van der Waals surface area contributed by atoms with Gasteiger partial charge in [0.15, 0.2) is 0 Å². The van der Waals surface area contributed by atoms with E-state index in [0.717, 1.165) is 13.0 Å². The molecule has 1 saturated heterocycles. The molecule has 0 unspecified atom stereocenters. The second kappa shape index (κ2) is 5.36. The van der Waals surface area contributed by atoms with Crippen molar-refractivity contribution in [2.75, 3.05) is 6.54 Å². The summed E-state index contributed by atoms with van der Waals surface area (Å²) in [6, 6.07) is 10.5. The number of benzene rings is 1. The molecule has 1 aliphatic rings. The van der Waals surface area contributed by atoms with Crippen LogP contribution in [0.1, 0.15) is 52.1 Å². The van der Waals surface area contributed by atoms with Crippen LogP contribution in [0.4, 0.5) is 0 Å². The van der Waals surface area contributed by atoms with Crippen molar-refractivity contribution in [3.63, 3.8) is 0 Å². The van der Waals surface area contributed by atoms with E-state index in [0.29, 0.717) is 23.7 Å². The Kier molecular flexibility index (Phi) is 3.98. The van der Waals surface area contributed by atoms with Gasteiger partial charge in [-0.2, -0.15) is 0 Å². The van der Waals surface area contributed by atoms with Crippen molar-refractivity contribution in [3.05, 3.63) is 35.9 Å². The molecule has 19 heavy (non-hydrogen) atoms. The zero-order valence-corrected chi connectivity index (χ0v) is 12.5. The number of amides is 1. The van der Waals surface area contributed by atoms with E-state index in [1.165, 1.54) is 5.56 Å². The average molecular weight is 259 g/mol. The summed E-state index contributed by atoms with van der Waals surface area (Å²) in [5.74, 6) is 0.823. The molecule has 0 aliphatic carbocycles. The molecular formula is C17H25NO. The zero-order valence-electron chi connectivity index (χ0n) is 12.5. The summed E-state index contributed by atoms with van der Waals surface area (Å²) < 4.78 is 0. The maximum Gasteiger partial charge on any atom is 0.223 e. The second-order valence-electron chi connectivity index (χ2n) is 6.97. The molecule has 2 heteroatoms. The average Bonchev–Trinajstić information content (AvgIpc) is 2.68. The molecule has 1 aromatic rings. The SMILES string of the molecule is C[C@@H](c1ccccc1)N1C[C@@H](CC(C)(C)C)CC1=O. The first-order valence-corrected chi connectivity index (χ1v) is 7.21. The van der Waals surface area contributed by atoms with Crippen LogP contribution in [-0.2, 0) is 4.79 Å². The molecule has 1 fully saturated rings. The van der Waals surface area contributed by atoms with Crippen molar-refractivity contribution < 1.29 is 4.79 Å². The van der Waals surface area contributed by atoms with E-state index in [1.807, 2.05) is 23.1 Å². The molecule has 0 radical (unpaired) electrons. The van der Waals surface area contributed by atoms with Gasteiger partial charge in [-0.3, -0.25) is 4.79 Å². The molecule has 0 spiro atoms. The fourth-order valence-electron chi connectivity index (χ4n) is 3.10. The third-order valence-corrected chi connectivity index (χ3v) is 3.89. The van der Waals surface area contributed by atoms with Crippen molar-refractivity contribution in [3.8, 4) is 0 Å². The van der Waals surface area contributed by atoms with Crippen LogP contribution >= 0.6 is 0 Å². The Morgan fingerprint density at radius 3 is 2.47 bits per heavy atom. The number of nitrogens with zero attached hydrogens (tertiary/aromatic N) is 1. The van der Waals surface area contributed by atoms with E-state index >= 15 is 0 Å². The molecule has 104 valence electrons. The minimum atomic E-state index is 0.193. The fourth-order valence-corrected chi connectivity index (χ4v) is 3.10. The molecule has 0 bridgehead atoms. The molecule has 1 amide bonds. The van der Waals surface area contributed by atoms with Crippen LogP contribution in [0.5, 0.6) is 0 Å². The first kappa shape index (κ1) is 14.1. The number of hydrogen-bond acceptors (Lipinski definition) is 1. The summed E-state index contributed by atoms with van der Waals surface area (Å²) in [5, 5.41) is 0. The summed E-state index contributed by atoms with van der Waals surface area (Å²) in [4.78, 5) is 14.3. The molecule has 1 aliphatic heterocycles. The molecule has 2 atom stereocenters. The third kappa shape index (κ3) is 3.59. The topological polar surface area (TPSA) is 20.3 Å². The summed E-state index contributed by atoms with van der Waals surface area (Å²) >= 11 is 0.